The van der Waals surface area contributed by atoms with E-state index in [9.17, 15) is 4.39 Å². The summed E-state index contributed by atoms with van der Waals surface area (Å²) in [4.78, 5) is 8.35. The minimum absolute atomic E-state index is 0.0198. The van der Waals surface area contributed by atoms with E-state index in [-0.39, 0.29) is 5.02 Å². The van der Waals surface area contributed by atoms with Crippen molar-refractivity contribution in [2.75, 3.05) is 16.4 Å². The van der Waals surface area contributed by atoms with Crippen molar-refractivity contribution in [3.63, 3.8) is 0 Å². The Morgan fingerprint density at radius 3 is 2.48 bits per heavy atom. The van der Waals surface area contributed by atoms with Crippen LogP contribution in [0.1, 0.15) is 11.1 Å². The van der Waals surface area contributed by atoms with Gasteiger partial charge in [-0.3, -0.25) is 0 Å². The van der Waals surface area contributed by atoms with E-state index in [1.165, 1.54) is 18.5 Å². The average Bonchev–Trinajstić information content (AvgIpc) is 2.59. The summed E-state index contributed by atoms with van der Waals surface area (Å²) < 4.78 is 13.3. The highest BCUT2D eigenvalue weighted by molar-refractivity contribution is 6.31. The van der Waals surface area contributed by atoms with Gasteiger partial charge < -0.3 is 16.4 Å². The first-order valence-electron chi connectivity index (χ1n) is 7.61. The van der Waals surface area contributed by atoms with Gasteiger partial charge in [0.1, 0.15) is 17.8 Å². The third-order valence-corrected chi connectivity index (χ3v) is 4.21. The predicted octanol–water partition coefficient (Wildman–Crippen LogP) is 4.96. The molecule has 0 atom stereocenters. The number of nitrogens with one attached hydrogen (secondary N) is 2. The Morgan fingerprint density at radius 1 is 1.04 bits per heavy atom. The number of rotatable bonds is 4. The number of aryl methyl sites for hydroxylation is 1. The largest absolute Gasteiger partial charge is 0.393 e. The molecule has 0 unspecified atom stereocenters. The fourth-order valence-corrected chi connectivity index (χ4v) is 2.50. The van der Waals surface area contributed by atoms with E-state index in [4.69, 9.17) is 17.3 Å². The van der Waals surface area contributed by atoms with E-state index in [0.717, 1.165) is 16.8 Å². The standard InChI is InChI=1S/C18H17ClFN5/c1-10-4-3-5-15(11(10)2)25-18-16(21)17(22-9-23-18)24-12-6-7-14(20)13(19)8-12/h3-9H,21H2,1-2H3,(H2,22,23,24,25). The highest BCUT2D eigenvalue weighted by Gasteiger charge is 2.11. The fourth-order valence-electron chi connectivity index (χ4n) is 2.32. The van der Waals surface area contributed by atoms with E-state index in [0.29, 0.717) is 23.0 Å². The van der Waals surface area contributed by atoms with Gasteiger partial charge in [-0.15, -0.1) is 0 Å². The lowest BCUT2D eigenvalue weighted by Crippen LogP contribution is -2.06. The number of nitrogens with two attached hydrogens (primary N) is 1. The number of nitrogen functional groups attached to an aromatic ring is 1. The zero-order valence-corrected chi connectivity index (χ0v) is 14.5. The molecule has 0 saturated carbocycles. The van der Waals surface area contributed by atoms with Crippen molar-refractivity contribution >= 4 is 40.3 Å². The Kier molecular flexibility index (Phi) is 4.72. The number of hydrogen-bond acceptors (Lipinski definition) is 5. The molecule has 5 nitrogen and oxygen atoms in total. The number of benzene rings is 2. The van der Waals surface area contributed by atoms with Crippen LogP contribution in [0, 0.1) is 19.7 Å². The summed E-state index contributed by atoms with van der Waals surface area (Å²) in [6, 6.07) is 10.3. The van der Waals surface area contributed by atoms with E-state index in [1.54, 1.807) is 6.07 Å². The second kappa shape index (κ2) is 6.94. The van der Waals surface area contributed by atoms with Gasteiger partial charge in [-0.05, 0) is 49.2 Å². The SMILES string of the molecule is Cc1cccc(Nc2ncnc(Nc3ccc(F)c(Cl)c3)c2N)c1C. The maximum atomic E-state index is 13.3. The van der Waals surface area contributed by atoms with Crippen LogP contribution in [0.15, 0.2) is 42.7 Å². The number of halogens is 2. The van der Waals surface area contributed by atoms with E-state index in [1.807, 2.05) is 32.0 Å². The second-order valence-electron chi connectivity index (χ2n) is 5.61. The Hall–Kier alpha value is -2.86. The van der Waals surface area contributed by atoms with Gasteiger partial charge in [-0.25, -0.2) is 14.4 Å². The lowest BCUT2D eigenvalue weighted by Gasteiger charge is -2.15. The molecule has 0 amide bonds. The Bertz CT molecular complexity index is 929. The zero-order valence-electron chi connectivity index (χ0n) is 13.8. The number of hydrogen-bond donors (Lipinski definition) is 3. The Balaban J connectivity index is 1.89. The number of aromatic nitrogens is 2. The van der Waals surface area contributed by atoms with Gasteiger partial charge in [0.05, 0.1) is 5.02 Å². The van der Waals surface area contributed by atoms with Gasteiger partial charge in [0.15, 0.2) is 11.6 Å². The highest BCUT2D eigenvalue weighted by atomic mass is 35.5. The summed E-state index contributed by atoms with van der Waals surface area (Å²) >= 11 is 5.80. The van der Waals surface area contributed by atoms with Crippen molar-refractivity contribution in [1.29, 1.82) is 0 Å². The summed E-state index contributed by atoms with van der Waals surface area (Å²) in [6.07, 6.45) is 1.40. The summed E-state index contributed by atoms with van der Waals surface area (Å²) in [5.74, 6) is 0.407. The first kappa shape index (κ1) is 17.0. The first-order valence-corrected chi connectivity index (χ1v) is 7.99. The monoisotopic (exact) mass is 357 g/mol. The van der Waals surface area contributed by atoms with E-state index >= 15 is 0 Å². The van der Waals surface area contributed by atoms with Crippen LogP contribution in [-0.4, -0.2) is 9.97 Å². The molecule has 0 radical (unpaired) electrons. The molecule has 4 N–H and O–H groups in total. The van der Waals surface area contributed by atoms with Crippen LogP contribution in [0.4, 0.5) is 33.1 Å². The minimum Gasteiger partial charge on any atom is -0.393 e. The molecule has 128 valence electrons. The maximum absolute atomic E-state index is 13.3. The third-order valence-electron chi connectivity index (χ3n) is 3.92. The lowest BCUT2D eigenvalue weighted by molar-refractivity contribution is 0.628. The number of nitrogens with zero attached hydrogens (tertiary/aromatic N) is 2. The summed E-state index contributed by atoms with van der Waals surface area (Å²) in [5, 5.41) is 6.27. The molecule has 7 heteroatoms. The molecule has 25 heavy (non-hydrogen) atoms. The number of anilines is 5. The Labute approximate surface area is 150 Å². The topological polar surface area (TPSA) is 75.9 Å². The average molecular weight is 358 g/mol. The van der Waals surface area contributed by atoms with Gasteiger partial charge in [0.2, 0.25) is 0 Å². The van der Waals surface area contributed by atoms with Gasteiger partial charge in [0.25, 0.3) is 0 Å². The first-order chi connectivity index (χ1) is 12.0. The lowest BCUT2D eigenvalue weighted by atomic mass is 10.1. The van der Waals surface area contributed by atoms with Gasteiger partial charge in [0, 0.05) is 11.4 Å². The molecule has 0 aliphatic rings. The molecule has 0 aliphatic carbocycles. The molecule has 1 aromatic heterocycles. The van der Waals surface area contributed by atoms with Crippen LogP contribution in [0.5, 0.6) is 0 Å². The molecule has 2 aromatic carbocycles. The molecule has 0 fully saturated rings. The van der Waals surface area contributed by atoms with Crippen LogP contribution in [0.3, 0.4) is 0 Å². The molecular formula is C18H17ClFN5. The summed E-state index contributed by atoms with van der Waals surface area (Å²) in [7, 11) is 0. The van der Waals surface area contributed by atoms with E-state index in [2.05, 4.69) is 20.6 Å². The van der Waals surface area contributed by atoms with Crippen LogP contribution < -0.4 is 16.4 Å². The molecule has 0 aliphatic heterocycles. The normalized spacial score (nSPS) is 10.6. The molecule has 1 heterocycles. The second-order valence-corrected chi connectivity index (χ2v) is 6.02. The molecule has 0 saturated heterocycles. The fraction of sp³-hybridized carbons (Fsp3) is 0.111. The van der Waals surface area contributed by atoms with Crippen molar-refractivity contribution in [2.24, 2.45) is 0 Å². The highest BCUT2D eigenvalue weighted by Crippen LogP contribution is 2.30. The smallest absolute Gasteiger partial charge is 0.159 e. The summed E-state index contributed by atoms with van der Waals surface area (Å²) in [6.45, 7) is 4.06. The molecule has 0 bridgehead atoms. The van der Waals surface area contributed by atoms with Crippen LogP contribution in [0.25, 0.3) is 0 Å². The van der Waals surface area contributed by atoms with Gasteiger partial charge in [-0.2, -0.15) is 0 Å². The molecule has 3 aromatic rings. The van der Waals surface area contributed by atoms with Crippen LogP contribution in [0.2, 0.25) is 5.02 Å². The van der Waals surface area contributed by atoms with Crippen molar-refractivity contribution in [2.45, 2.75) is 13.8 Å². The van der Waals surface area contributed by atoms with Crippen molar-refractivity contribution in [3.8, 4) is 0 Å². The third kappa shape index (κ3) is 3.64. The predicted molar refractivity (Wildman–Crippen MR) is 100 cm³/mol. The quantitative estimate of drug-likeness (QED) is 0.615. The summed E-state index contributed by atoms with van der Waals surface area (Å²) in [5.41, 5.74) is 10.3. The molecular weight excluding hydrogens is 341 g/mol. The molecule has 0 spiro atoms. The van der Waals surface area contributed by atoms with Crippen molar-refractivity contribution < 1.29 is 4.39 Å². The van der Waals surface area contributed by atoms with Crippen LogP contribution >= 0.6 is 11.6 Å². The van der Waals surface area contributed by atoms with E-state index < -0.39 is 5.82 Å². The van der Waals surface area contributed by atoms with Gasteiger partial charge in [-0.1, -0.05) is 23.7 Å². The Morgan fingerprint density at radius 2 is 1.76 bits per heavy atom. The van der Waals surface area contributed by atoms with Crippen molar-refractivity contribution in [3.05, 3.63) is 64.7 Å². The maximum Gasteiger partial charge on any atom is 0.159 e. The zero-order chi connectivity index (χ0) is 18.0. The van der Waals surface area contributed by atoms with Crippen molar-refractivity contribution in [1.82, 2.24) is 9.97 Å². The van der Waals surface area contributed by atoms with Crippen LogP contribution in [-0.2, 0) is 0 Å². The minimum atomic E-state index is -0.486. The van der Waals surface area contributed by atoms with Gasteiger partial charge >= 0.3 is 0 Å². The molecule has 3 rings (SSSR count).